The Hall–Kier alpha value is -4.01. The Morgan fingerprint density at radius 1 is 1.10 bits per heavy atom. The van der Waals surface area contributed by atoms with Crippen molar-refractivity contribution in [3.8, 4) is 0 Å². The van der Waals surface area contributed by atoms with E-state index in [1.165, 1.54) is 0 Å². The van der Waals surface area contributed by atoms with Gasteiger partial charge >= 0.3 is 5.97 Å². The third-order valence-electron chi connectivity index (χ3n) is 4.92. The molecule has 0 atom stereocenters. The van der Waals surface area contributed by atoms with Crippen LogP contribution in [0.5, 0.6) is 0 Å². The number of hydrogen-bond donors (Lipinski definition) is 1. The molecule has 3 amide bonds. The van der Waals surface area contributed by atoms with Crippen molar-refractivity contribution in [2.45, 2.75) is 33.1 Å². The van der Waals surface area contributed by atoms with E-state index in [0.717, 1.165) is 11.4 Å². The standard InChI is InChI=1S/C22H20N4O5/c1-13-10-14(2)25-9-8-17(21(25)23-13)22(30)24-16-5-3-4-15(11-16)12-20(29)31-26-18(27)6-7-19(26)28/h3-5,8-11H,6-7,12H2,1-2H3,(H,24,30). The molecule has 1 aromatic carbocycles. The van der Waals surface area contributed by atoms with Crippen LogP contribution in [-0.2, 0) is 25.6 Å². The van der Waals surface area contributed by atoms with E-state index in [4.69, 9.17) is 4.84 Å². The van der Waals surface area contributed by atoms with Gasteiger partial charge < -0.3 is 14.6 Å². The molecule has 2 aromatic heterocycles. The Balaban J connectivity index is 1.46. The van der Waals surface area contributed by atoms with E-state index in [1.54, 1.807) is 36.5 Å². The molecule has 9 nitrogen and oxygen atoms in total. The third-order valence-corrected chi connectivity index (χ3v) is 4.92. The van der Waals surface area contributed by atoms with E-state index in [0.29, 0.717) is 27.5 Å². The molecule has 31 heavy (non-hydrogen) atoms. The van der Waals surface area contributed by atoms with Gasteiger partial charge in [-0.1, -0.05) is 12.1 Å². The third kappa shape index (κ3) is 4.16. The van der Waals surface area contributed by atoms with E-state index in [-0.39, 0.29) is 25.2 Å². The Labute approximate surface area is 177 Å². The second-order valence-corrected chi connectivity index (χ2v) is 7.34. The highest BCUT2D eigenvalue weighted by Crippen LogP contribution is 2.18. The summed E-state index contributed by atoms with van der Waals surface area (Å²) in [7, 11) is 0. The highest BCUT2D eigenvalue weighted by atomic mass is 16.7. The molecular formula is C22H20N4O5. The van der Waals surface area contributed by atoms with Gasteiger partial charge in [0.1, 0.15) is 5.65 Å². The average Bonchev–Trinajstić information content (AvgIpc) is 3.27. The summed E-state index contributed by atoms with van der Waals surface area (Å²) < 4.78 is 1.84. The maximum atomic E-state index is 12.8. The zero-order chi connectivity index (χ0) is 22.1. The number of nitrogens with zero attached hydrogens (tertiary/aromatic N) is 3. The molecule has 3 heterocycles. The molecule has 158 valence electrons. The van der Waals surface area contributed by atoms with Gasteiger partial charge in [-0.05, 0) is 43.7 Å². The monoisotopic (exact) mass is 420 g/mol. The summed E-state index contributed by atoms with van der Waals surface area (Å²) in [6.45, 7) is 3.81. The van der Waals surface area contributed by atoms with Crippen LogP contribution in [0.25, 0.3) is 5.65 Å². The number of benzene rings is 1. The van der Waals surface area contributed by atoms with Gasteiger partial charge in [0.2, 0.25) is 0 Å². The van der Waals surface area contributed by atoms with Crippen LogP contribution >= 0.6 is 0 Å². The van der Waals surface area contributed by atoms with E-state index in [1.807, 2.05) is 24.3 Å². The second kappa shape index (κ2) is 8.02. The van der Waals surface area contributed by atoms with Gasteiger partial charge in [0.25, 0.3) is 17.7 Å². The van der Waals surface area contributed by atoms with Crippen LogP contribution in [0.2, 0.25) is 0 Å². The van der Waals surface area contributed by atoms with E-state index < -0.39 is 17.8 Å². The number of aryl methyl sites for hydroxylation is 2. The maximum Gasteiger partial charge on any atom is 0.337 e. The fourth-order valence-corrected chi connectivity index (χ4v) is 3.49. The minimum Gasteiger partial charge on any atom is -0.330 e. The quantitative estimate of drug-likeness (QED) is 0.635. The van der Waals surface area contributed by atoms with Gasteiger partial charge in [-0.3, -0.25) is 14.4 Å². The summed E-state index contributed by atoms with van der Waals surface area (Å²) in [5.74, 6) is -2.12. The molecule has 0 spiro atoms. The number of nitrogens with one attached hydrogen (secondary N) is 1. The number of carbonyl (C=O) groups is 4. The lowest BCUT2D eigenvalue weighted by molar-refractivity contribution is -0.197. The van der Waals surface area contributed by atoms with Gasteiger partial charge in [-0.25, -0.2) is 9.78 Å². The number of imide groups is 1. The molecule has 1 aliphatic heterocycles. The number of hydroxylamine groups is 2. The largest absolute Gasteiger partial charge is 0.337 e. The van der Waals surface area contributed by atoms with E-state index in [9.17, 15) is 19.2 Å². The van der Waals surface area contributed by atoms with Crippen molar-refractivity contribution in [3.63, 3.8) is 0 Å². The summed E-state index contributed by atoms with van der Waals surface area (Å²) in [6, 6.07) is 10.3. The van der Waals surface area contributed by atoms with Crippen molar-refractivity contribution in [1.82, 2.24) is 14.4 Å². The first kappa shape index (κ1) is 20.3. The Morgan fingerprint density at radius 3 is 2.58 bits per heavy atom. The Kier molecular flexibility index (Phi) is 5.24. The first-order valence-corrected chi connectivity index (χ1v) is 9.74. The van der Waals surface area contributed by atoms with Crippen molar-refractivity contribution >= 4 is 35.0 Å². The number of hydrogen-bond acceptors (Lipinski definition) is 6. The predicted molar refractivity (Wildman–Crippen MR) is 110 cm³/mol. The van der Waals surface area contributed by atoms with Gasteiger partial charge in [0.05, 0.1) is 12.0 Å². The zero-order valence-electron chi connectivity index (χ0n) is 17.0. The van der Waals surface area contributed by atoms with Crippen LogP contribution in [-0.4, -0.2) is 38.1 Å². The summed E-state index contributed by atoms with van der Waals surface area (Å²) in [6.07, 6.45) is 1.71. The molecule has 0 saturated carbocycles. The van der Waals surface area contributed by atoms with Crippen LogP contribution in [0, 0.1) is 13.8 Å². The summed E-state index contributed by atoms with van der Waals surface area (Å²) >= 11 is 0. The molecule has 0 unspecified atom stereocenters. The van der Waals surface area contributed by atoms with Gasteiger partial charge in [0.15, 0.2) is 0 Å². The van der Waals surface area contributed by atoms with E-state index in [2.05, 4.69) is 10.3 Å². The van der Waals surface area contributed by atoms with Crippen molar-refractivity contribution in [1.29, 1.82) is 0 Å². The lowest BCUT2D eigenvalue weighted by atomic mass is 10.1. The van der Waals surface area contributed by atoms with Crippen LogP contribution in [0.4, 0.5) is 5.69 Å². The maximum absolute atomic E-state index is 12.8. The highest BCUT2D eigenvalue weighted by molar-refractivity contribution is 6.08. The second-order valence-electron chi connectivity index (χ2n) is 7.34. The predicted octanol–water partition coefficient (Wildman–Crippen LogP) is 2.35. The average molecular weight is 420 g/mol. The van der Waals surface area contributed by atoms with Crippen molar-refractivity contribution < 1.29 is 24.0 Å². The number of fused-ring (bicyclic) bond motifs is 1. The molecule has 9 heteroatoms. The fourth-order valence-electron chi connectivity index (χ4n) is 3.49. The SMILES string of the molecule is Cc1cc(C)n2ccc(C(=O)Nc3cccc(CC(=O)ON4C(=O)CCC4=O)c3)c2n1. The molecule has 0 bridgehead atoms. The molecule has 1 N–H and O–H groups in total. The molecule has 1 saturated heterocycles. The number of aromatic nitrogens is 2. The van der Waals surface area contributed by atoms with E-state index >= 15 is 0 Å². The van der Waals surface area contributed by atoms with Crippen LogP contribution in [0.15, 0.2) is 42.6 Å². The first-order chi connectivity index (χ1) is 14.8. The van der Waals surface area contributed by atoms with Crippen LogP contribution in [0.3, 0.4) is 0 Å². The van der Waals surface area contributed by atoms with Crippen molar-refractivity contribution in [2.75, 3.05) is 5.32 Å². The van der Waals surface area contributed by atoms with Crippen LogP contribution < -0.4 is 5.32 Å². The Bertz CT molecular complexity index is 1210. The minimum absolute atomic E-state index is 0.0379. The summed E-state index contributed by atoms with van der Waals surface area (Å²) in [5.41, 5.74) is 3.84. The highest BCUT2D eigenvalue weighted by Gasteiger charge is 2.32. The lowest BCUT2D eigenvalue weighted by Crippen LogP contribution is -2.32. The fraction of sp³-hybridized carbons (Fsp3) is 0.227. The molecule has 0 radical (unpaired) electrons. The molecule has 3 aromatic rings. The van der Waals surface area contributed by atoms with Crippen molar-refractivity contribution in [2.24, 2.45) is 0 Å². The van der Waals surface area contributed by atoms with Gasteiger partial charge in [0, 0.05) is 36.1 Å². The number of anilines is 1. The normalized spacial score (nSPS) is 13.7. The van der Waals surface area contributed by atoms with Gasteiger partial charge in [-0.2, -0.15) is 0 Å². The lowest BCUT2D eigenvalue weighted by Gasteiger charge is -2.13. The van der Waals surface area contributed by atoms with Crippen molar-refractivity contribution in [3.05, 3.63) is 65.1 Å². The number of rotatable bonds is 5. The van der Waals surface area contributed by atoms with Gasteiger partial charge in [-0.15, -0.1) is 5.06 Å². The summed E-state index contributed by atoms with van der Waals surface area (Å²) in [5, 5.41) is 3.33. The molecular weight excluding hydrogens is 400 g/mol. The Morgan fingerprint density at radius 2 is 1.84 bits per heavy atom. The zero-order valence-corrected chi connectivity index (χ0v) is 17.0. The molecule has 0 aliphatic carbocycles. The molecule has 1 fully saturated rings. The first-order valence-electron chi connectivity index (χ1n) is 9.74. The number of amides is 3. The van der Waals surface area contributed by atoms with Crippen LogP contribution in [0.1, 0.15) is 40.2 Å². The molecule has 4 rings (SSSR count). The smallest absolute Gasteiger partial charge is 0.330 e. The minimum atomic E-state index is -0.736. The topological polar surface area (TPSA) is 110 Å². The molecule has 1 aliphatic rings. The summed E-state index contributed by atoms with van der Waals surface area (Å²) in [4.78, 5) is 57.4. The number of carbonyl (C=O) groups excluding carboxylic acids is 4.